The number of nitrogen functional groups attached to an aromatic ring is 1. The average molecular weight is 608 g/mol. The van der Waals surface area contributed by atoms with Crippen molar-refractivity contribution in [2.24, 2.45) is 0 Å². The van der Waals surface area contributed by atoms with Gasteiger partial charge in [0.15, 0.2) is 5.65 Å². The Bertz CT molecular complexity index is 2080. The maximum Gasteiger partial charge on any atom is 0.343 e. The van der Waals surface area contributed by atoms with Crippen LogP contribution < -0.4 is 15.8 Å². The number of nitrogens with two attached hydrogens (primary N) is 1. The van der Waals surface area contributed by atoms with Crippen molar-refractivity contribution in [1.82, 2.24) is 19.7 Å². The lowest BCUT2D eigenvalue weighted by molar-refractivity contribution is 0.405. The maximum absolute atomic E-state index is 15.1. The molecule has 1 unspecified atom stereocenters. The zero-order valence-corrected chi connectivity index (χ0v) is 26.6. The first kappa shape index (κ1) is 29.2. The molecule has 8 nitrogen and oxygen atoms in total. The van der Waals surface area contributed by atoms with Gasteiger partial charge in [-0.1, -0.05) is 69.3 Å². The Kier molecular flexibility index (Phi) is 7.12. The number of fused-ring (bicyclic) bond motifs is 2. The molecule has 3 aromatic carbocycles. The van der Waals surface area contributed by atoms with Crippen LogP contribution in [0.25, 0.3) is 44.2 Å². The quantitative estimate of drug-likeness (QED) is 0.191. The third-order valence-corrected chi connectivity index (χ3v) is 12.9. The Morgan fingerprint density at radius 2 is 1.64 bits per heavy atom. The van der Waals surface area contributed by atoms with Crippen molar-refractivity contribution in [2.75, 3.05) is 5.73 Å². The molecule has 6 rings (SSSR count). The summed E-state index contributed by atoms with van der Waals surface area (Å²) >= 11 is 0. The van der Waals surface area contributed by atoms with Gasteiger partial charge in [0.1, 0.15) is 41.2 Å². The second kappa shape index (κ2) is 10.7. The van der Waals surface area contributed by atoms with Crippen LogP contribution in [0.3, 0.4) is 0 Å². The van der Waals surface area contributed by atoms with Gasteiger partial charge in [0.2, 0.25) is 8.32 Å². The summed E-state index contributed by atoms with van der Waals surface area (Å²) in [5.41, 5.74) is 8.90. The lowest BCUT2D eigenvalue weighted by atomic mass is 9.96. The Labute approximate surface area is 255 Å². The molecule has 0 aliphatic rings. The fourth-order valence-electron chi connectivity index (χ4n) is 5.20. The highest BCUT2D eigenvalue weighted by atomic mass is 28.4. The van der Waals surface area contributed by atoms with Crippen molar-refractivity contribution in [3.63, 3.8) is 0 Å². The molecular formula is C34H34FN5O3Si. The highest BCUT2D eigenvalue weighted by Crippen LogP contribution is 2.41. The molecule has 0 radical (unpaired) electrons. The van der Waals surface area contributed by atoms with Gasteiger partial charge >= 0.3 is 5.63 Å². The minimum Gasteiger partial charge on any atom is -0.543 e. The molecule has 3 heterocycles. The molecule has 2 N–H and O–H groups in total. The standard InChI is InChI=1S/C34H34FN5O3Si/c1-20(30-27(21-12-8-7-9-13-21)25-14-10-11-15-26(25)33(41)42-30)40-32-28(31(36)37-19-38-32)29(39-40)22-16-23(35)18-24(17-22)43-44(5,6)34(2,3)4/h7-20H,1-6H3,(H2,36,37,38). The van der Waals surface area contributed by atoms with Crippen molar-refractivity contribution < 1.29 is 13.2 Å². The van der Waals surface area contributed by atoms with Crippen LogP contribution in [-0.2, 0) is 0 Å². The molecule has 0 aliphatic heterocycles. The Morgan fingerprint density at radius 1 is 0.955 bits per heavy atom. The van der Waals surface area contributed by atoms with Crippen molar-refractivity contribution in [3.05, 3.63) is 101 Å². The van der Waals surface area contributed by atoms with Crippen LogP contribution in [0.5, 0.6) is 5.75 Å². The van der Waals surface area contributed by atoms with E-state index in [4.69, 9.17) is 19.7 Å². The molecule has 44 heavy (non-hydrogen) atoms. The number of hydrogen-bond donors (Lipinski definition) is 1. The van der Waals surface area contributed by atoms with Gasteiger partial charge in [-0.05, 0) is 48.8 Å². The van der Waals surface area contributed by atoms with E-state index in [2.05, 4.69) is 43.8 Å². The highest BCUT2D eigenvalue weighted by Gasteiger charge is 2.39. The van der Waals surface area contributed by atoms with Crippen LogP contribution in [0.4, 0.5) is 10.2 Å². The van der Waals surface area contributed by atoms with Crippen molar-refractivity contribution in [3.8, 4) is 28.1 Å². The van der Waals surface area contributed by atoms with E-state index in [0.717, 1.165) is 16.5 Å². The highest BCUT2D eigenvalue weighted by molar-refractivity contribution is 6.74. The number of nitrogens with zero attached hydrogens (tertiary/aromatic N) is 4. The maximum atomic E-state index is 15.1. The van der Waals surface area contributed by atoms with Gasteiger partial charge in [-0.25, -0.2) is 23.8 Å². The molecule has 0 amide bonds. The van der Waals surface area contributed by atoms with Crippen LogP contribution in [0.1, 0.15) is 39.5 Å². The molecule has 0 spiro atoms. The fourth-order valence-corrected chi connectivity index (χ4v) is 6.21. The summed E-state index contributed by atoms with van der Waals surface area (Å²) in [7, 11) is -2.26. The summed E-state index contributed by atoms with van der Waals surface area (Å²) in [6.45, 7) is 12.5. The molecule has 0 bridgehead atoms. The summed E-state index contributed by atoms with van der Waals surface area (Å²) in [6.07, 6.45) is 1.36. The van der Waals surface area contributed by atoms with E-state index in [1.165, 1.54) is 18.5 Å². The van der Waals surface area contributed by atoms with E-state index in [-0.39, 0.29) is 10.9 Å². The van der Waals surface area contributed by atoms with Gasteiger partial charge in [0, 0.05) is 22.6 Å². The predicted octanol–water partition coefficient (Wildman–Crippen LogP) is 7.98. The van der Waals surface area contributed by atoms with E-state index in [1.54, 1.807) is 16.8 Å². The lowest BCUT2D eigenvalue weighted by Gasteiger charge is -2.36. The molecular weight excluding hydrogens is 573 g/mol. The number of benzene rings is 3. The smallest absolute Gasteiger partial charge is 0.343 e. The van der Waals surface area contributed by atoms with E-state index in [9.17, 15) is 4.79 Å². The summed E-state index contributed by atoms with van der Waals surface area (Å²) in [5, 5.41) is 6.56. The number of aromatic nitrogens is 4. The monoisotopic (exact) mass is 607 g/mol. The second-order valence-corrected chi connectivity index (χ2v) is 17.2. The largest absolute Gasteiger partial charge is 0.543 e. The lowest BCUT2D eigenvalue weighted by Crippen LogP contribution is -2.43. The Morgan fingerprint density at radius 3 is 2.34 bits per heavy atom. The van der Waals surface area contributed by atoms with E-state index >= 15 is 4.39 Å². The first-order valence-electron chi connectivity index (χ1n) is 14.5. The number of hydrogen-bond acceptors (Lipinski definition) is 7. The van der Waals surface area contributed by atoms with Crippen molar-refractivity contribution in [1.29, 1.82) is 0 Å². The van der Waals surface area contributed by atoms with E-state index < -0.39 is 25.8 Å². The molecule has 0 saturated carbocycles. The SMILES string of the molecule is CC(c1oc(=O)c2ccccc2c1-c1ccccc1)n1nc(-c2cc(F)cc(O[Si](C)(C)C(C)(C)C)c2)c2c(N)ncnc21. The average Bonchev–Trinajstić information content (AvgIpc) is 3.37. The summed E-state index contributed by atoms with van der Waals surface area (Å²) in [6, 6.07) is 21.1. The van der Waals surface area contributed by atoms with Crippen LogP contribution in [0, 0.1) is 5.82 Å². The molecule has 224 valence electrons. The third kappa shape index (κ3) is 5.04. The minimum atomic E-state index is -2.26. The van der Waals surface area contributed by atoms with Crippen LogP contribution in [0.2, 0.25) is 18.1 Å². The zero-order chi connectivity index (χ0) is 31.4. The van der Waals surface area contributed by atoms with Crippen molar-refractivity contribution in [2.45, 2.75) is 51.9 Å². The number of halogens is 1. The third-order valence-electron chi connectivity index (χ3n) is 8.52. The molecule has 3 aromatic heterocycles. The van der Waals surface area contributed by atoms with Crippen molar-refractivity contribution >= 4 is 35.9 Å². The Hall–Kier alpha value is -4.83. The minimum absolute atomic E-state index is 0.0817. The zero-order valence-electron chi connectivity index (χ0n) is 25.6. The number of anilines is 1. The van der Waals surface area contributed by atoms with E-state index in [0.29, 0.717) is 39.2 Å². The van der Waals surface area contributed by atoms with Gasteiger partial charge in [0.25, 0.3) is 0 Å². The molecule has 1 atom stereocenters. The van der Waals surface area contributed by atoms with Gasteiger partial charge in [-0.3, -0.25) is 0 Å². The van der Waals surface area contributed by atoms with Gasteiger partial charge < -0.3 is 14.6 Å². The molecule has 6 aromatic rings. The molecule has 0 saturated heterocycles. The molecule has 0 fully saturated rings. The summed E-state index contributed by atoms with van der Waals surface area (Å²) in [4.78, 5) is 22.0. The summed E-state index contributed by atoms with van der Waals surface area (Å²) in [5.74, 6) is 0.566. The molecule has 0 aliphatic carbocycles. The van der Waals surface area contributed by atoms with E-state index in [1.807, 2.05) is 55.5 Å². The predicted molar refractivity (Wildman–Crippen MR) is 175 cm³/mol. The van der Waals surface area contributed by atoms with Gasteiger partial charge in [0.05, 0.1) is 10.8 Å². The van der Waals surface area contributed by atoms with Gasteiger partial charge in [-0.2, -0.15) is 5.10 Å². The fraction of sp³-hybridized carbons (Fsp3) is 0.235. The van der Waals surface area contributed by atoms with Crippen LogP contribution >= 0.6 is 0 Å². The first-order valence-corrected chi connectivity index (χ1v) is 17.4. The normalized spacial score (nSPS) is 13.0. The second-order valence-electron chi connectivity index (χ2n) is 12.5. The topological polar surface area (TPSA) is 109 Å². The van der Waals surface area contributed by atoms with Crippen LogP contribution in [0.15, 0.2) is 88.3 Å². The van der Waals surface area contributed by atoms with Gasteiger partial charge in [-0.15, -0.1) is 0 Å². The summed E-state index contributed by atoms with van der Waals surface area (Å²) < 4.78 is 29.3. The van der Waals surface area contributed by atoms with Crippen LogP contribution in [-0.4, -0.2) is 28.1 Å². The Balaban J connectivity index is 1.56. The molecule has 10 heteroatoms. The number of rotatable bonds is 6. The first-order chi connectivity index (χ1) is 20.9.